The van der Waals surface area contributed by atoms with E-state index in [1.54, 1.807) is 12.1 Å². The van der Waals surface area contributed by atoms with Gasteiger partial charge in [-0.2, -0.15) is 0 Å². The van der Waals surface area contributed by atoms with E-state index in [9.17, 15) is 4.79 Å². The molecule has 0 amide bonds. The molecule has 0 aromatic heterocycles. The van der Waals surface area contributed by atoms with Crippen molar-refractivity contribution in [2.45, 2.75) is 19.8 Å². The summed E-state index contributed by atoms with van der Waals surface area (Å²) in [7, 11) is 0. The first-order valence-electron chi connectivity index (χ1n) is 7.43. The fourth-order valence-corrected chi connectivity index (χ4v) is 2.83. The van der Waals surface area contributed by atoms with E-state index in [1.165, 1.54) is 11.8 Å². The summed E-state index contributed by atoms with van der Waals surface area (Å²) < 4.78 is 0. The van der Waals surface area contributed by atoms with E-state index in [0.717, 1.165) is 29.5 Å². The first-order valence-corrected chi connectivity index (χ1v) is 7.81. The molecule has 0 radical (unpaired) electrons. The third-order valence-electron chi connectivity index (χ3n) is 3.83. The van der Waals surface area contributed by atoms with Gasteiger partial charge >= 0.3 is 5.97 Å². The monoisotopic (exact) mass is 325 g/mol. The Morgan fingerprint density at radius 2 is 1.87 bits per heavy atom. The first kappa shape index (κ1) is 15.5. The van der Waals surface area contributed by atoms with Gasteiger partial charge in [0.2, 0.25) is 0 Å². The maximum absolute atomic E-state index is 11.9. The number of benzene rings is 2. The van der Waals surface area contributed by atoms with Crippen molar-refractivity contribution >= 4 is 28.8 Å². The number of carbonyl (C=O) groups excluding carboxylic acids is 1. The molecule has 3 nitrogen and oxygen atoms in total. The van der Waals surface area contributed by atoms with Crippen molar-refractivity contribution in [3.63, 3.8) is 0 Å². The van der Waals surface area contributed by atoms with Gasteiger partial charge in [0.05, 0.1) is 16.8 Å². The summed E-state index contributed by atoms with van der Waals surface area (Å²) in [6, 6.07) is 15.2. The third kappa shape index (κ3) is 3.51. The van der Waals surface area contributed by atoms with Gasteiger partial charge in [-0.25, -0.2) is 4.79 Å². The highest BCUT2D eigenvalue weighted by atomic mass is 35.5. The van der Waals surface area contributed by atoms with Crippen molar-refractivity contribution in [2.24, 2.45) is 5.16 Å². The Morgan fingerprint density at radius 1 is 1.13 bits per heavy atom. The molecule has 4 heteroatoms. The van der Waals surface area contributed by atoms with Crippen LogP contribution in [0.4, 0.5) is 0 Å². The van der Waals surface area contributed by atoms with E-state index in [0.29, 0.717) is 10.6 Å². The number of nitrogens with zero attached hydrogens (tertiary/aromatic N) is 1. The molecule has 0 aliphatic heterocycles. The fourth-order valence-electron chi connectivity index (χ4n) is 2.51. The minimum absolute atomic E-state index is 0.474. The lowest BCUT2D eigenvalue weighted by Crippen LogP contribution is -2.05. The van der Waals surface area contributed by atoms with Gasteiger partial charge in [0.15, 0.2) is 0 Å². The lowest BCUT2D eigenvalue weighted by atomic mass is 9.92. The molecule has 0 saturated heterocycles. The lowest BCUT2D eigenvalue weighted by molar-refractivity contribution is 0.0519. The lowest BCUT2D eigenvalue weighted by Gasteiger charge is -2.16. The van der Waals surface area contributed by atoms with Crippen LogP contribution in [0.3, 0.4) is 0 Å². The van der Waals surface area contributed by atoms with Crippen LogP contribution in [0.25, 0.3) is 5.03 Å². The minimum atomic E-state index is -0.478. The summed E-state index contributed by atoms with van der Waals surface area (Å²) in [4.78, 5) is 16.8. The number of carbonyl (C=O) groups is 1. The maximum Gasteiger partial charge on any atom is 0.365 e. The van der Waals surface area contributed by atoms with Crippen LogP contribution in [-0.4, -0.2) is 12.2 Å². The standard InChI is InChI=1S/C19H16ClNO2/c1-13-6-8-15(9-7-13)19(22)23-21-12-16-11-10-14-4-2-3-5-17(14)18(16)20/h2-9,12H,10-11H2,1H3/b21-12+. The molecule has 3 rings (SSSR count). The van der Waals surface area contributed by atoms with Gasteiger partial charge in [-0.05, 0) is 48.6 Å². The molecular weight excluding hydrogens is 310 g/mol. The van der Waals surface area contributed by atoms with Gasteiger partial charge in [-0.1, -0.05) is 58.7 Å². The molecule has 0 fully saturated rings. The largest absolute Gasteiger partial charge is 0.365 e. The van der Waals surface area contributed by atoms with Gasteiger partial charge in [0.1, 0.15) is 0 Å². The molecule has 1 aliphatic carbocycles. The fraction of sp³-hybridized carbons (Fsp3) is 0.158. The number of aryl methyl sites for hydroxylation is 2. The Labute approximate surface area is 140 Å². The van der Waals surface area contributed by atoms with Crippen molar-refractivity contribution in [1.29, 1.82) is 0 Å². The Kier molecular flexibility index (Phi) is 4.58. The van der Waals surface area contributed by atoms with E-state index in [1.807, 2.05) is 37.3 Å². The summed E-state index contributed by atoms with van der Waals surface area (Å²) in [6.07, 6.45) is 3.21. The van der Waals surface area contributed by atoms with Crippen molar-refractivity contribution in [2.75, 3.05) is 0 Å². The number of oxime groups is 1. The van der Waals surface area contributed by atoms with Gasteiger partial charge in [0.25, 0.3) is 0 Å². The van der Waals surface area contributed by atoms with Crippen molar-refractivity contribution < 1.29 is 9.63 Å². The normalized spacial score (nSPS) is 14.0. The van der Waals surface area contributed by atoms with Crippen molar-refractivity contribution in [3.05, 3.63) is 76.4 Å². The molecule has 0 heterocycles. The highest BCUT2D eigenvalue weighted by Gasteiger charge is 2.16. The van der Waals surface area contributed by atoms with Crippen LogP contribution in [0.1, 0.15) is 33.5 Å². The zero-order valence-electron chi connectivity index (χ0n) is 12.8. The molecule has 0 atom stereocenters. The molecule has 0 bridgehead atoms. The number of hydrogen-bond acceptors (Lipinski definition) is 3. The van der Waals surface area contributed by atoms with E-state index in [4.69, 9.17) is 16.4 Å². The second-order valence-electron chi connectivity index (χ2n) is 5.48. The molecule has 23 heavy (non-hydrogen) atoms. The van der Waals surface area contributed by atoms with Crippen LogP contribution >= 0.6 is 11.6 Å². The van der Waals surface area contributed by atoms with Crippen LogP contribution in [0, 0.1) is 6.92 Å². The SMILES string of the molecule is Cc1ccc(C(=O)O/N=C/C2=C(Cl)c3ccccc3CC2)cc1. The molecule has 0 saturated carbocycles. The third-order valence-corrected chi connectivity index (χ3v) is 4.28. The second kappa shape index (κ2) is 6.80. The molecule has 2 aromatic rings. The number of allylic oxidation sites excluding steroid dienone is 1. The van der Waals surface area contributed by atoms with Crippen LogP contribution in [0.5, 0.6) is 0 Å². The van der Waals surface area contributed by atoms with E-state index in [-0.39, 0.29) is 0 Å². The maximum atomic E-state index is 11.9. The van der Waals surface area contributed by atoms with Crippen LogP contribution < -0.4 is 0 Å². The van der Waals surface area contributed by atoms with Crippen molar-refractivity contribution in [3.8, 4) is 0 Å². The molecule has 116 valence electrons. The van der Waals surface area contributed by atoms with Crippen LogP contribution in [0.2, 0.25) is 0 Å². The highest BCUT2D eigenvalue weighted by Crippen LogP contribution is 2.33. The molecule has 0 spiro atoms. The Morgan fingerprint density at radius 3 is 2.65 bits per heavy atom. The van der Waals surface area contributed by atoms with Gasteiger partial charge < -0.3 is 4.84 Å². The number of rotatable bonds is 3. The topological polar surface area (TPSA) is 38.7 Å². The summed E-state index contributed by atoms with van der Waals surface area (Å²) in [5.74, 6) is -0.478. The Balaban J connectivity index is 1.71. The second-order valence-corrected chi connectivity index (χ2v) is 5.85. The highest BCUT2D eigenvalue weighted by molar-refractivity contribution is 6.50. The quantitative estimate of drug-likeness (QED) is 0.464. The van der Waals surface area contributed by atoms with Gasteiger partial charge in [-0.3, -0.25) is 0 Å². The van der Waals surface area contributed by atoms with E-state index < -0.39 is 5.97 Å². The minimum Gasteiger partial charge on any atom is -0.313 e. The van der Waals surface area contributed by atoms with E-state index in [2.05, 4.69) is 11.2 Å². The average molecular weight is 326 g/mol. The van der Waals surface area contributed by atoms with Crippen LogP contribution in [0.15, 0.2) is 59.3 Å². The molecule has 2 aromatic carbocycles. The van der Waals surface area contributed by atoms with Gasteiger partial charge in [0, 0.05) is 0 Å². The van der Waals surface area contributed by atoms with Crippen molar-refractivity contribution in [1.82, 2.24) is 0 Å². The average Bonchev–Trinajstić information content (AvgIpc) is 2.57. The summed E-state index contributed by atoms with van der Waals surface area (Å²) in [5.41, 5.74) is 4.68. The first-order chi connectivity index (χ1) is 11.1. The molecule has 1 aliphatic rings. The smallest absolute Gasteiger partial charge is 0.313 e. The predicted molar refractivity (Wildman–Crippen MR) is 92.6 cm³/mol. The number of halogens is 1. The Bertz CT molecular complexity index is 791. The summed E-state index contributed by atoms with van der Waals surface area (Å²) in [5, 5.41) is 4.47. The zero-order valence-corrected chi connectivity index (χ0v) is 13.5. The van der Waals surface area contributed by atoms with Gasteiger partial charge in [-0.15, -0.1) is 0 Å². The van der Waals surface area contributed by atoms with Crippen LogP contribution in [-0.2, 0) is 11.3 Å². The molecule has 0 unspecified atom stereocenters. The van der Waals surface area contributed by atoms with E-state index >= 15 is 0 Å². The number of hydrogen-bond donors (Lipinski definition) is 0. The summed E-state index contributed by atoms with van der Waals surface area (Å²) in [6.45, 7) is 1.96. The predicted octanol–water partition coefficient (Wildman–Crippen LogP) is 4.73. The zero-order chi connectivity index (χ0) is 16.2. The number of fused-ring (bicyclic) bond motifs is 1. The summed E-state index contributed by atoms with van der Waals surface area (Å²) >= 11 is 6.41. The molecule has 0 N–H and O–H groups in total. The Hall–Kier alpha value is -2.39. The molecular formula is C19H16ClNO2.